The molecule has 0 aromatic rings. The molecule has 0 aliphatic heterocycles. The first-order valence-electron chi connectivity index (χ1n) is 6.23. The number of amides is 2. The molecule has 0 aromatic carbocycles. The van der Waals surface area contributed by atoms with E-state index in [4.69, 9.17) is 5.73 Å². The highest BCUT2D eigenvalue weighted by Gasteiger charge is 2.31. The maximum Gasteiger partial charge on any atom is 0.236 e. The average Bonchev–Trinajstić information content (AvgIpc) is 2.28. The fourth-order valence-corrected chi connectivity index (χ4v) is 2.29. The van der Waals surface area contributed by atoms with E-state index >= 15 is 0 Å². The van der Waals surface area contributed by atoms with Crippen LogP contribution in [-0.4, -0.2) is 41.9 Å². The lowest BCUT2D eigenvalue weighted by molar-refractivity contribution is -0.132. The van der Waals surface area contributed by atoms with Crippen LogP contribution in [0.15, 0.2) is 0 Å². The van der Waals surface area contributed by atoms with Crippen LogP contribution < -0.4 is 11.1 Å². The maximum atomic E-state index is 11.6. The first-order valence-corrected chi connectivity index (χ1v) is 6.23. The van der Waals surface area contributed by atoms with Crippen LogP contribution in [0.5, 0.6) is 0 Å². The molecule has 0 unspecified atom stereocenters. The molecule has 0 bridgehead atoms. The second-order valence-electron chi connectivity index (χ2n) is 4.89. The van der Waals surface area contributed by atoms with Gasteiger partial charge in [0.1, 0.15) is 0 Å². The van der Waals surface area contributed by atoms with Crippen molar-refractivity contribution in [2.75, 3.05) is 7.05 Å². The molecular formula is C12H23N3O2. The van der Waals surface area contributed by atoms with Crippen LogP contribution in [0.3, 0.4) is 0 Å². The van der Waals surface area contributed by atoms with Crippen molar-refractivity contribution >= 4 is 11.8 Å². The van der Waals surface area contributed by atoms with Crippen molar-refractivity contribution in [3.8, 4) is 0 Å². The molecule has 0 saturated heterocycles. The Hall–Kier alpha value is -1.10. The number of likely N-dealkylation sites (N-methyl/N-ethyl adjacent to an activating group) is 1. The first-order chi connectivity index (χ1) is 7.93. The van der Waals surface area contributed by atoms with Crippen LogP contribution in [0.1, 0.15) is 39.5 Å². The monoisotopic (exact) mass is 241 g/mol. The van der Waals surface area contributed by atoms with Gasteiger partial charge in [0.15, 0.2) is 0 Å². The van der Waals surface area contributed by atoms with Gasteiger partial charge in [-0.3, -0.25) is 9.59 Å². The van der Waals surface area contributed by atoms with Gasteiger partial charge in [-0.05, 0) is 19.8 Å². The number of carbonyl (C=O) groups is 2. The van der Waals surface area contributed by atoms with E-state index in [1.165, 1.54) is 0 Å². The number of nitrogens with two attached hydrogens (primary N) is 1. The van der Waals surface area contributed by atoms with Crippen LogP contribution in [0.4, 0.5) is 0 Å². The van der Waals surface area contributed by atoms with E-state index in [2.05, 4.69) is 5.32 Å². The zero-order valence-corrected chi connectivity index (χ0v) is 10.9. The van der Waals surface area contributed by atoms with E-state index in [0.29, 0.717) is 0 Å². The van der Waals surface area contributed by atoms with Gasteiger partial charge in [0.05, 0.1) is 12.1 Å². The molecule has 1 rings (SSSR count). The predicted molar refractivity (Wildman–Crippen MR) is 66.3 cm³/mol. The third-order valence-corrected chi connectivity index (χ3v) is 3.46. The van der Waals surface area contributed by atoms with E-state index in [1.807, 2.05) is 0 Å². The van der Waals surface area contributed by atoms with E-state index in [-0.39, 0.29) is 23.9 Å². The standard InChI is InChI=1S/C12H23N3O2/c1-8(13)12(17)14-10-6-4-5-7-11(10)15(3)9(2)16/h8,10-11H,4-7,13H2,1-3H3,(H,14,17)/t8-,10-,11+/m0/s1. The highest BCUT2D eigenvalue weighted by molar-refractivity contribution is 5.81. The fourth-order valence-electron chi connectivity index (χ4n) is 2.29. The van der Waals surface area contributed by atoms with Crippen molar-refractivity contribution in [3.05, 3.63) is 0 Å². The number of rotatable bonds is 3. The van der Waals surface area contributed by atoms with Crippen molar-refractivity contribution < 1.29 is 9.59 Å². The van der Waals surface area contributed by atoms with Crippen molar-refractivity contribution in [1.29, 1.82) is 0 Å². The molecule has 1 fully saturated rings. The second-order valence-corrected chi connectivity index (χ2v) is 4.89. The van der Waals surface area contributed by atoms with Crippen molar-refractivity contribution in [3.63, 3.8) is 0 Å². The lowest BCUT2D eigenvalue weighted by Gasteiger charge is -2.38. The molecular weight excluding hydrogens is 218 g/mol. The molecule has 3 N–H and O–H groups in total. The minimum absolute atomic E-state index is 0.0381. The quantitative estimate of drug-likeness (QED) is 0.743. The summed E-state index contributed by atoms with van der Waals surface area (Å²) in [7, 11) is 1.79. The van der Waals surface area contributed by atoms with E-state index in [0.717, 1.165) is 25.7 Å². The third kappa shape index (κ3) is 3.70. The van der Waals surface area contributed by atoms with Gasteiger partial charge in [-0.2, -0.15) is 0 Å². The Labute approximate surface area is 103 Å². The molecule has 0 heterocycles. The Morgan fingerprint density at radius 3 is 2.47 bits per heavy atom. The highest BCUT2D eigenvalue weighted by atomic mass is 16.2. The van der Waals surface area contributed by atoms with Gasteiger partial charge < -0.3 is 16.0 Å². The molecule has 2 amide bonds. The summed E-state index contributed by atoms with van der Waals surface area (Å²) in [5.74, 6) is -0.101. The maximum absolute atomic E-state index is 11.6. The largest absolute Gasteiger partial charge is 0.350 e. The number of nitrogens with zero attached hydrogens (tertiary/aromatic N) is 1. The Kier molecular flexibility index (Phi) is 4.93. The Balaban J connectivity index is 2.66. The summed E-state index contributed by atoms with van der Waals surface area (Å²) in [6.45, 7) is 3.22. The van der Waals surface area contributed by atoms with E-state index < -0.39 is 6.04 Å². The van der Waals surface area contributed by atoms with Gasteiger partial charge in [0.2, 0.25) is 11.8 Å². The summed E-state index contributed by atoms with van der Waals surface area (Å²) in [5, 5.41) is 2.95. The van der Waals surface area contributed by atoms with Crippen LogP contribution in [0, 0.1) is 0 Å². The normalized spacial score (nSPS) is 26.1. The summed E-state index contributed by atoms with van der Waals surface area (Å²) in [4.78, 5) is 24.7. The molecule has 1 aliphatic rings. The van der Waals surface area contributed by atoms with Gasteiger partial charge in [0.25, 0.3) is 0 Å². The molecule has 98 valence electrons. The fraction of sp³-hybridized carbons (Fsp3) is 0.833. The SMILES string of the molecule is CC(=O)N(C)[C@@H]1CCCC[C@@H]1NC(=O)[C@H](C)N. The Morgan fingerprint density at radius 2 is 1.94 bits per heavy atom. The van der Waals surface area contributed by atoms with Crippen LogP contribution >= 0.6 is 0 Å². The number of nitrogens with one attached hydrogen (secondary N) is 1. The van der Waals surface area contributed by atoms with Crippen LogP contribution in [0.2, 0.25) is 0 Å². The molecule has 5 heteroatoms. The predicted octanol–water partition coefficient (Wildman–Crippen LogP) is 0.239. The van der Waals surface area contributed by atoms with Crippen molar-refractivity contribution in [2.45, 2.75) is 57.7 Å². The molecule has 17 heavy (non-hydrogen) atoms. The van der Waals surface area contributed by atoms with Gasteiger partial charge in [0, 0.05) is 20.0 Å². The molecule has 5 nitrogen and oxygen atoms in total. The Morgan fingerprint density at radius 1 is 1.35 bits per heavy atom. The minimum atomic E-state index is -0.500. The van der Waals surface area contributed by atoms with Crippen molar-refractivity contribution in [1.82, 2.24) is 10.2 Å². The molecule has 1 saturated carbocycles. The zero-order valence-electron chi connectivity index (χ0n) is 10.9. The summed E-state index contributed by atoms with van der Waals surface area (Å²) in [6, 6.07) is -0.361. The van der Waals surface area contributed by atoms with E-state index in [9.17, 15) is 9.59 Å². The molecule has 3 atom stereocenters. The minimum Gasteiger partial charge on any atom is -0.350 e. The first kappa shape index (κ1) is 14.0. The summed E-state index contributed by atoms with van der Waals surface area (Å²) in [6.07, 6.45) is 4.06. The number of hydrogen-bond acceptors (Lipinski definition) is 3. The van der Waals surface area contributed by atoms with Crippen molar-refractivity contribution in [2.24, 2.45) is 5.73 Å². The lowest BCUT2D eigenvalue weighted by atomic mass is 9.89. The zero-order chi connectivity index (χ0) is 13.0. The Bertz CT molecular complexity index is 291. The molecule has 0 aromatic heterocycles. The van der Waals surface area contributed by atoms with Gasteiger partial charge >= 0.3 is 0 Å². The lowest BCUT2D eigenvalue weighted by Crippen LogP contribution is -2.55. The van der Waals surface area contributed by atoms with Gasteiger partial charge in [-0.25, -0.2) is 0 Å². The van der Waals surface area contributed by atoms with Crippen LogP contribution in [-0.2, 0) is 9.59 Å². The summed E-state index contributed by atoms with van der Waals surface area (Å²) in [5.41, 5.74) is 5.54. The van der Waals surface area contributed by atoms with E-state index in [1.54, 1.807) is 25.8 Å². The molecule has 1 aliphatic carbocycles. The topological polar surface area (TPSA) is 75.4 Å². The molecule has 0 spiro atoms. The third-order valence-electron chi connectivity index (χ3n) is 3.46. The summed E-state index contributed by atoms with van der Waals surface area (Å²) < 4.78 is 0. The van der Waals surface area contributed by atoms with Gasteiger partial charge in [-0.15, -0.1) is 0 Å². The summed E-state index contributed by atoms with van der Waals surface area (Å²) >= 11 is 0. The average molecular weight is 241 g/mol. The smallest absolute Gasteiger partial charge is 0.236 e. The number of hydrogen-bond donors (Lipinski definition) is 2. The molecule has 0 radical (unpaired) electrons. The van der Waals surface area contributed by atoms with Crippen LogP contribution in [0.25, 0.3) is 0 Å². The number of carbonyl (C=O) groups excluding carboxylic acids is 2. The van der Waals surface area contributed by atoms with Gasteiger partial charge in [-0.1, -0.05) is 12.8 Å². The highest BCUT2D eigenvalue weighted by Crippen LogP contribution is 2.22. The second kappa shape index (κ2) is 6.00.